The molecule has 0 radical (unpaired) electrons. The Morgan fingerprint density at radius 3 is 2.71 bits per heavy atom. The van der Waals surface area contributed by atoms with Gasteiger partial charge in [0.2, 0.25) is 5.91 Å². The van der Waals surface area contributed by atoms with E-state index in [1.165, 1.54) is 4.88 Å². The molecule has 2 fully saturated rings. The quantitative estimate of drug-likeness (QED) is 0.874. The van der Waals surface area contributed by atoms with Crippen molar-refractivity contribution in [2.24, 2.45) is 0 Å². The molecule has 4 nitrogen and oxygen atoms in total. The Labute approximate surface area is 128 Å². The summed E-state index contributed by atoms with van der Waals surface area (Å²) in [7, 11) is 0. The number of carbonyl (C=O) groups excluding carboxylic acids is 1. The molecule has 21 heavy (non-hydrogen) atoms. The van der Waals surface area contributed by atoms with Crippen molar-refractivity contribution in [3.63, 3.8) is 0 Å². The van der Waals surface area contributed by atoms with E-state index in [1.807, 2.05) is 30.2 Å². The van der Waals surface area contributed by atoms with Gasteiger partial charge < -0.3 is 9.47 Å². The summed E-state index contributed by atoms with van der Waals surface area (Å²) in [6, 6.07) is 5.43. The lowest BCUT2D eigenvalue weighted by molar-refractivity contribution is -0.135. The number of thiophene rings is 1. The molecule has 1 amide bonds. The second kappa shape index (κ2) is 5.30. The monoisotopic (exact) mass is 301 g/mol. The molecule has 2 saturated heterocycles. The van der Waals surface area contributed by atoms with Crippen molar-refractivity contribution in [3.05, 3.63) is 41.1 Å². The van der Waals surface area contributed by atoms with Crippen LogP contribution in [0, 0.1) is 0 Å². The molecule has 2 aromatic heterocycles. The molecule has 0 N–H and O–H groups in total. The van der Waals surface area contributed by atoms with Crippen molar-refractivity contribution in [3.8, 4) is 0 Å². The van der Waals surface area contributed by atoms with Crippen LogP contribution in [0.4, 0.5) is 0 Å². The van der Waals surface area contributed by atoms with Crippen LogP contribution in [0.5, 0.6) is 0 Å². The number of carbonyl (C=O) groups is 1. The third-order valence-electron chi connectivity index (χ3n) is 4.85. The van der Waals surface area contributed by atoms with Crippen LogP contribution < -0.4 is 0 Å². The van der Waals surface area contributed by atoms with Crippen LogP contribution in [0.3, 0.4) is 0 Å². The molecular weight excluding hydrogens is 282 g/mol. The normalized spacial score (nSPS) is 28.0. The van der Waals surface area contributed by atoms with E-state index in [1.54, 1.807) is 11.3 Å². The van der Waals surface area contributed by atoms with Crippen LogP contribution in [-0.4, -0.2) is 32.4 Å². The van der Waals surface area contributed by atoms with Crippen LogP contribution >= 0.6 is 11.3 Å². The lowest BCUT2D eigenvalue weighted by atomic mass is 9.96. The van der Waals surface area contributed by atoms with E-state index in [2.05, 4.69) is 20.5 Å². The van der Waals surface area contributed by atoms with Gasteiger partial charge in [0.1, 0.15) is 0 Å². The molecule has 2 bridgehead atoms. The maximum atomic E-state index is 12.6. The van der Waals surface area contributed by atoms with Gasteiger partial charge in [0.25, 0.3) is 0 Å². The van der Waals surface area contributed by atoms with Crippen molar-refractivity contribution in [1.82, 2.24) is 14.5 Å². The number of hydrogen-bond donors (Lipinski definition) is 0. The van der Waals surface area contributed by atoms with Crippen LogP contribution in [0.1, 0.15) is 36.6 Å². The summed E-state index contributed by atoms with van der Waals surface area (Å²) >= 11 is 1.68. The smallest absolute Gasteiger partial charge is 0.228 e. The molecule has 110 valence electrons. The number of fused-ring (bicyclic) bond motifs is 2. The standard InChI is InChI=1S/C16H19N3OS/c20-16(10-15-2-1-7-21-15)19-12-3-4-13(19)9-14(8-12)18-6-5-17-11-18/h1-2,5-7,11-14H,3-4,8-10H2. The van der Waals surface area contributed by atoms with E-state index < -0.39 is 0 Å². The van der Waals surface area contributed by atoms with Crippen LogP contribution in [0.15, 0.2) is 36.2 Å². The second-order valence-corrected chi connectivity index (χ2v) is 7.11. The highest BCUT2D eigenvalue weighted by Gasteiger charge is 2.43. The van der Waals surface area contributed by atoms with Gasteiger partial charge in [0, 0.05) is 35.4 Å². The largest absolute Gasteiger partial charge is 0.336 e. The van der Waals surface area contributed by atoms with Gasteiger partial charge in [-0.25, -0.2) is 4.98 Å². The molecule has 0 saturated carbocycles. The summed E-state index contributed by atoms with van der Waals surface area (Å²) in [4.78, 5) is 20.2. The van der Waals surface area contributed by atoms with Crippen LogP contribution in [0.2, 0.25) is 0 Å². The summed E-state index contributed by atoms with van der Waals surface area (Å²) in [5.41, 5.74) is 0. The summed E-state index contributed by atoms with van der Waals surface area (Å²) in [6.45, 7) is 0. The Kier molecular flexibility index (Phi) is 3.30. The number of nitrogens with zero attached hydrogens (tertiary/aromatic N) is 3. The van der Waals surface area contributed by atoms with Crippen molar-refractivity contribution < 1.29 is 4.79 Å². The lowest BCUT2D eigenvalue weighted by Gasteiger charge is -2.39. The SMILES string of the molecule is O=C(Cc1cccs1)N1C2CCC1CC(n1ccnc1)C2. The maximum Gasteiger partial charge on any atom is 0.228 e. The van der Waals surface area contributed by atoms with Crippen molar-refractivity contribution >= 4 is 17.2 Å². The molecule has 4 rings (SSSR count). The summed E-state index contributed by atoms with van der Waals surface area (Å²) in [6.07, 6.45) is 10.8. The minimum atomic E-state index is 0.314. The molecule has 5 heteroatoms. The van der Waals surface area contributed by atoms with Crippen LogP contribution in [0.25, 0.3) is 0 Å². The van der Waals surface area contributed by atoms with Crippen molar-refractivity contribution in [1.29, 1.82) is 0 Å². The number of rotatable bonds is 3. The summed E-state index contributed by atoms with van der Waals surface area (Å²) in [5, 5.41) is 2.04. The average molecular weight is 301 g/mol. The van der Waals surface area contributed by atoms with Gasteiger partial charge in [-0.2, -0.15) is 0 Å². The predicted octanol–water partition coefficient (Wildman–Crippen LogP) is 2.88. The zero-order chi connectivity index (χ0) is 14.2. The Morgan fingerprint density at radius 2 is 2.10 bits per heavy atom. The number of imidazole rings is 1. The highest BCUT2D eigenvalue weighted by Crippen LogP contribution is 2.41. The molecular formula is C16H19N3OS. The zero-order valence-corrected chi connectivity index (χ0v) is 12.7. The van der Waals surface area contributed by atoms with Gasteiger partial charge >= 0.3 is 0 Å². The Bertz CT molecular complexity index is 594. The number of aromatic nitrogens is 2. The van der Waals surface area contributed by atoms with Gasteiger partial charge in [0.15, 0.2) is 0 Å². The van der Waals surface area contributed by atoms with Crippen LogP contribution in [-0.2, 0) is 11.2 Å². The summed E-state index contributed by atoms with van der Waals surface area (Å²) < 4.78 is 2.21. The Hall–Kier alpha value is -1.62. The van der Waals surface area contributed by atoms with E-state index >= 15 is 0 Å². The first-order valence-electron chi connectivity index (χ1n) is 7.62. The molecule has 0 aromatic carbocycles. The second-order valence-electron chi connectivity index (χ2n) is 6.08. The minimum absolute atomic E-state index is 0.314. The van der Waals surface area contributed by atoms with Crippen molar-refractivity contribution in [2.45, 2.75) is 50.2 Å². The van der Waals surface area contributed by atoms with E-state index in [0.717, 1.165) is 25.7 Å². The minimum Gasteiger partial charge on any atom is -0.336 e. The fourth-order valence-corrected chi connectivity index (χ4v) is 4.63. The number of piperidine rings is 1. The maximum absolute atomic E-state index is 12.6. The Morgan fingerprint density at radius 1 is 1.29 bits per heavy atom. The molecule has 2 aromatic rings. The molecule has 2 aliphatic heterocycles. The van der Waals surface area contributed by atoms with E-state index in [-0.39, 0.29) is 0 Å². The van der Waals surface area contributed by atoms with Gasteiger partial charge in [-0.15, -0.1) is 11.3 Å². The highest BCUT2D eigenvalue weighted by atomic mass is 32.1. The van der Waals surface area contributed by atoms with E-state index in [4.69, 9.17) is 0 Å². The third-order valence-corrected chi connectivity index (χ3v) is 5.72. The van der Waals surface area contributed by atoms with Gasteiger partial charge in [0.05, 0.1) is 12.7 Å². The molecule has 4 heterocycles. The Balaban J connectivity index is 1.48. The van der Waals surface area contributed by atoms with Gasteiger partial charge in [-0.05, 0) is 37.1 Å². The predicted molar refractivity (Wildman–Crippen MR) is 82.2 cm³/mol. The first-order valence-corrected chi connectivity index (χ1v) is 8.50. The van der Waals surface area contributed by atoms with Gasteiger partial charge in [-0.3, -0.25) is 4.79 Å². The van der Waals surface area contributed by atoms with Crippen molar-refractivity contribution in [2.75, 3.05) is 0 Å². The molecule has 0 spiro atoms. The summed E-state index contributed by atoms with van der Waals surface area (Å²) in [5.74, 6) is 0.314. The molecule has 2 atom stereocenters. The first kappa shape index (κ1) is 13.1. The average Bonchev–Trinajstić information content (AvgIpc) is 3.20. The first-order chi connectivity index (χ1) is 10.3. The molecule has 0 aliphatic carbocycles. The molecule has 2 unspecified atom stereocenters. The van der Waals surface area contributed by atoms with Gasteiger partial charge in [-0.1, -0.05) is 6.07 Å². The number of hydrogen-bond acceptors (Lipinski definition) is 3. The lowest BCUT2D eigenvalue weighted by Crippen LogP contribution is -2.47. The topological polar surface area (TPSA) is 38.1 Å². The number of amides is 1. The zero-order valence-electron chi connectivity index (χ0n) is 11.9. The van der Waals surface area contributed by atoms with E-state index in [0.29, 0.717) is 30.5 Å². The third kappa shape index (κ3) is 2.39. The fraction of sp³-hybridized carbons (Fsp3) is 0.500. The molecule has 2 aliphatic rings. The fourth-order valence-electron chi connectivity index (χ4n) is 3.94. The van der Waals surface area contributed by atoms with E-state index in [9.17, 15) is 4.79 Å². The highest BCUT2D eigenvalue weighted by molar-refractivity contribution is 7.10.